The number of hydrogen-bond donors (Lipinski definition) is 1. The van der Waals surface area contributed by atoms with Gasteiger partial charge in [0.1, 0.15) is 0 Å². The molecule has 70 valence electrons. The average Bonchev–Trinajstić information content (AvgIpc) is 2.66. The second-order valence-electron chi connectivity index (χ2n) is 3.18. The molecular formula is C12H11NS. The number of fused-ring (bicyclic) bond motifs is 1. The molecule has 0 aliphatic rings. The largest absolute Gasteiger partial charge is 0.371 e. The highest BCUT2D eigenvalue weighted by Gasteiger charge is 2.03. The number of thiophene rings is 1. The van der Waals surface area contributed by atoms with Gasteiger partial charge in [0.2, 0.25) is 0 Å². The lowest BCUT2D eigenvalue weighted by molar-refractivity contribution is 1.04. The zero-order chi connectivity index (χ0) is 9.97. The van der Waals surface area contributed by atoms with Gasteiger partial charge >= 0.3 is 0 Å². The van der Waals surface area contributed by atoms with Gasteiger partial charge in [0.25, 0.3) is 0 Å². The Morgan fingerprint density at radius 1 is 1.43 bits per heavy atom. The summed E-state index contributed by atoms with van der Waals surface area (Å²) in [4.78, 5) is 0. The number of hydrogen-bond acceptors (Lipinski definition) is 2. The van der Waals surface area contributed by atoms with E-state index in [-0.39, 0.29) is 6.04 Å². The first-order chi connectivity index (χ1) is 6.81. The lowest BCUT2D eigenvalue weighted by atomic mass is 10.2. The molecule has 1 atom stereocenters. The molecule has 2 aromatic rings. The van der Waals surface area contributed by atoms with E-state index in [1.165, 1.54) is 10.1 Å². The minimum Gasteiger partial charge on any atom is -0.371 e. The Kier molecular flexibility index (Phi) is 2.43. The van der Waals surface area contributed by atoms with Crippen LogP contribution in [0.4, 0.5) is 5.69 Å². The van der Waals surface area contributed by atoms with Crippen LogP contribution < -0.4 is 5.32 Å². The van der Waals surface area contributed by atoms with E-state index in [4.69, 9.17) is 6.42 Å². The fraction of sp³-hybridized carbons (Fsp3) is 0.167. The van der Waals surface area contributed by atoms with Gasteiger partial charge in [-0.15, -0.1) is 17.8 Å². The number of terminal acetylenes is 1. The van der Waals surface area contributed by atoms with Gasteiger partial charge in [-0.1, -0.05) is 18.1 Å². The maximum Gasteiger partial charge on any atom is 0.0846 e. The zero-order valence-corrected chi connectivity index (χ0v) is 8.77. The molecule has 0 aliphatic heterocycles. The molecule has 14 heavy (non-hydrogen) atoms. The molecule has 1 nitrogen and oxygen atoms in total. The van der Waals surface area contributed by atoms with Crippen molar-refractivity contribution in [3.8, 4) is 12.3 Å². The summed E-state index contributed by atoms with van der Waals surface area (Å²) in [5, 5.41) is 6.66. The third-order valence-corrected chi connectivity index (χ3v) is 3.06. The average molecular weight is 201 g/mol. The minimum absolute atomic E-state index is 0.0719. The van der Waals surface area contributed by atoms with Gasteiger partial charge < -0.3 is 5.32 Å². The fourth-order valence-electron chi connectivity index (χ4n) is 1.38. The van der Waals surface area contributed by atoms with Crippen molar-refractivity contribution in [2.45, 2.75) is 13.0 Å². The second-order valence-corrected chi connectivity index (χ2v) is 4.09. The Morgan fingerprint density at radius 2 is 2.29 bits per heavy atom. The molecule has 0 aliphatic carbocycles. The van der Waals surface area contributed by atoms with Gasteiger partial charge in [-0.3, -0.25) is 0 Å². The summed E-state index contributed by atoms with van der Waals surface area (Å²) in [7, 11) is 0. The van der Waals surface area contributed by atoms with E-state index in [0.717, 1.165) is 5.69 Å². The lowest BCUT2D eigenvalue weighted by Gasteiger charge is -2.09. The summed E-state index contributed by atoms with van der Waals surface area (Å²) in [5.74, 6) is 2.66. The molecule has 0 saturated carbocycles. The van der Waals surface area contributed by atoms with Crippen LogP contribution in [-0.4, -0.2) is 6.04 Å². The summed E-state index contributed by atoms with van der Waals surface area (Å²) < 4.78 is 1.27. The molecule has 2 rings (SSSR count). The van der Waals surface area contributed by atoms with Crippen molar-refractivity contribution < 1.29 is 0 Å². The van der Waals surface area contributed by atoms with E-state index in [1.807, 2.05) is 13.0 Å². The van der Waals surface area contributed by atoms with E-state index < -0.39 is 0 Å². The minimum atomic E-state index is 0.0719. The van der Waals surface area contributed by atoms with Gasteiger partial charge in [-0.2, -0.15) is 0 Å². The Hall–Kier alpha value is -1.46. The van der Waals surface area contributed by atoms with Crippen LogP contribution in [0.15, 0.2) is 29.6 Å². The Labute approximate surface area is 87.8 Å². The molecule has 1 aromatic heterocycles. The fourth-order valence-corrected chi connectivity index (χ4v) is 2.26. The maximum absolute atomic E-state index is 5.33. The summed E-state index contributed by atoms with van der Waals surface area (Å²) >= 11 is 1.74. The predicted octanol–water partition coefficient (Wildman–Crippen LogP) is 3.33. The summed E-state index contributed by atoms with van der Waals surface area (Å²) in [6, 6.07) is 8.40. The van der Waals surface area contributed by atoms with E-state index in [9.17, 15) is 0 Å². The molecule has 0 amide bonds. The molecule has 0 spiro atoms. The quantitative estimate of drug-likeness (QED) is 0.735. The van der Waals surface area contributed by atoms with Gasteiger partial charge in [0, 0.05) is 0 Å². The van der Waals surface area contributed by atoms with Gasteiger partial charge in [0.15, 0.2) is 0 Å². The summed E-state index contributed by atoms with van der Waals surface area (Å²) in [5.41, 5.74) is 1.13. The molecule has 0 radical (unpaired) electrons. The van der Waals surface area contributed by atoms with E-state index >= 15 is 0 Å². The highest BCUT2D eigenvalue weighted by atomic mass is 32.1. The Morgan fingerprint density at radius 3 is 3.07 bits per heavy atom. The molecule has 0 saturated heterocycles. The summed E-state index contributed by atoms with van der Waals surface area (Å²) in [6.07, 6.45) is 5.33. The highest BCUT2D eigenvalue weighted by Crippen LogP contribution is 2.28. The monoisotopic (exact) mass is 201 g/mol. The van der Waals surface area contributed by atoms with Crippen molar-refractivity contribution in [3.05, 3.63) is 29.6 Å². The zero-order valence-electron chi connectivity index (χ0n) is 7.95. The molecule has 0 bridgehead atoms. The van der Waals surface area contributed by atoms with Gasteiger partial charge in [-0.05, 0) is 29.8 Å². The van der Waals surface area contributed by atoms with Gasteiger partial charge in [-0.25, -0.2) is 0 Å². The van der Waals surface area contributed by atoms with Crippen molar-refractivity contribution in [1.29, 1.82) is 0 Å². The first-order valence-electron chi connectivity index (χ1n) is 4.50. The summed E-state index contributed by atoms with van der Waals surface area (Å²) in [6.45, 7) is 1.98. The van der Waals surface area contributed by atoms with E-state index in [0.29, 0.717) is 0 Å². The molecule has 1 N–H and O–H groups in total. The van der Waals surface area contributed by atoms with Crippen LogP contribution in [0.3, 0.4) is 0 Å². The van der Waals surface area contributed by atoms with Crippen LogP contribution in [0, 0.1) is 12.3 Å². The third kappa shape index (κ3) is 1.59. The van der Waals surface area contributed by atoms with Crippen LogP contribution in [0.5, 0.6) is 0 Å². The molecular weight excluding hydrogens is 190 g/mol. The highest BCUT2D eigenvalue weighted by molar-refractivity contribution is 7.17. The number of anilines is 1. The topological polar surface area (TPSA) is 12.0 Å². The Bertz CT molecular complexity index is 478. The van der Waals surface area contributed by atoms with Crippen LogP contribution in [0.1, 0.15) is 6.92 Å². The van der Waals surface area contributed by atoms with Crippen LogP contribution in [-0.2, 0) is 0 Å². The SMILES string of the molecule is C#CC(C)Nc1cccc2ccsc12. The van der Waals surface area contributed by atoms with Crippen molar-refractivity contribution in [1.82, 2.24) is 0 Å². The number of benzene rings is 1. The maximum atomic E-state index is 5.33. The van der Waals surface area contributed by atoms with Crippen molar-refractivity contribution in [2.24, 2.45) is 0 Å². The smallest absolute Gasteiger partial charge is 0.0846 e. The molecule has 1 aromatic carbocycles. The third-order valence-electron chi connectivity index (χ3n) is 2.10. The Balaban J connectivity index is 2.42. The van der Waals surface area contributed by atoms with Crippen LogP contribution >= 0.6 is 11.3 Å². The van der Waals surface area contributed by atoms with Crippen LogP contribution in [0.25, 0.3) is 10.1 Å². The molecule has 0 fully saturated rings. The molecule has 2 heteroatoms. The van der Waals surface area contributed by atoms with Crippen molar-refractivity contribution in [2.75, 3.05) is 5.32 Å². The number of rotatable bonds is 2. The number of nitrogens with one attached hydrogen (secondary N) is 1. The molecule has 1 unspecified atom stereocenters. The lowest BCUT2D eigenvalue weighted by Crippen LogP contribution is -2.11. The molecule has 1 heterocycles. The normalized spacial score (nSPS) is 12.3. The van der Waals surface area contributed by atoms with E-state index in [1.54, 1.807) is 11.3 Å². The van der Waals surface area contributed by atoms with Crippen LogP contribution in [0.2, 0.25) is 0 Å². The van der Waals surface area contributed by atoms with E-state index in [2.05, 4.69) is 34.8 Å². The van der Waals surface area contributed by atoms with Crippen molar-refractivity contribution >= 4 is 27.1 Å². The van der Waals surface area contributed by atoms with Gasteiger partial charge in [0.05, 0.1) is 16.4 Å². The van der Waals surface area contributed by atoms with Crippen molar-refractivity contribution in [3.63, 3.8) is 0 Å². The first kappa shape index (κ1) is 9.11. The first-order valence-corrected chi connectivity index (χ1v) is 5.38. The second kappa shape index (κ2) is 3.73. The predicted molar refractivity (Wildman–Crippen MR) is 63.7 cm³/mol. The standard InChI is InChI=1S/C12H11NS/c1-3-9(2)13-11-6-4-5-10-7-8-14-12(10)11/h1,4-9,13H,2H3.